The number of carbonyl (C=O) groups is 1. The van der Waals surface area contributed by atoms with Crippen molar-refractivity contribution in [3.05, 3.63) is 66.0 Å². The number of nitrogens with zero attached hydrogens (tertiary/aromatic N) is 4. The van der Waals surface area contributed by atoms with Crippen LogP contribution in [0.5, 0.6) is 11.5 Å². The number of aryl methyl sites for hydroxylation is 1. The summed E-state index contributed by atoms with van der Waals surface area (Å²) in [4.78, 5) is 27.6. The maximum Gasteiger partial charge on any atom is 0.324 e. The molecule has 2 amide bonds. The van der Waals surface area contributed by atoms with Crippen LogP contribution in [-0.4, -0.2) is 33.6 Å². The number of hydrogen-bond donors (Lipinski definition) is 2. The molecule has 2 atom stereocenters. The number of rotatable bonds is 7. The van der Waals surface area contributed by atoms with Gasteiger partial charge < -0.3 is 15.4 Å². The zero-order valence-corrected chi connectivity index (χ0v) is 18.2. The van der Waals surface area contributed by atoms with Crippen LogP contribution in [-0.2, 0) is 0 Å². The molecular formula is C24H26N6O2. The highest BCUT2D eigenvalue weighted by Gasteiger charge is 2.43. The molecule has 0 unspecified atom stereocenters. The Morgan fingerprint density at radius 2 is 1.75 bits per heavy atom. The third-order valence-electron chi connectivity index (χ3n) is 5.83. The fraction of sp³-hybridized carbons (Fsp3) is 0.333. The number of ether oxygens (including phenoxy) is 1. The first kappa shape index (κ1) is 20.2. The Morgan fingerprint density at radius 1 is 1.03 bits per heavy atom. The molecule has 5 rings (SSSR count). The molecule has 32 heavy (non-hydrogen) atoms. The van der Waals surface area contributed by atoms with Crippen molar-refractivity contribution in [1.82, 2.24) is 20.3 Å². The minimum Gasteiger partial charge on any atom is -0.457 e. The highest BCUT2D eigenvalue weighted by Crippen LogP contribution is 2.38. The van der Waals surface area contributed by atoms with Gasteiger partial charge in [0, 0.05) is 6.54 Å². The molecule has 1 aliphatic carbocycles. The van der Waals surface area contributed by atoms with Crippen molar-refractivity contribution < 1.29 is 9.53 Å². The largest absolute Gasteiger partial charge is 0.457 e. The number of amides is 2. The van der Waals surface area contributed by atoms with Crippen LogP contribution in [0.3, 0.4) is 0 Å². The Balaban J connectivity index is 1.30. The van der Waals surface area contributed by atoms with Crippen LogP contribution in [0.25, 0.3) is 0 Å². The van der Waals surface area contributed by atoms with Crippen LogP contribution >= 0.6 is 0 Å². The molecule has 2 heterocycles. The van der Waals surface area contributed by atoms with Gasteiger partial charge in [-0.15, -0.1) is 0 Å². The SMILES string of the molecule is Cc1nc(N[C@@H](C)c2ccc(Oc3ccccc3)cc2)nc(N2C(=O)NC[C@@H]2C2CC2)n1. The van der Waals surface area contributed by atoms with Gasteiger partial charge in [-0.2, -0.15) is 15.0 Å². The van der Waals surface area contributed by atoms with E-state index in [0.29, 0.717) is 30.2 Å². The lowest BCUT2D eigenvalue weighted by Crippen LogP contribution is -2.37. The van der Waals surface area contributed by atoms with Crippen LogP contribution in [0.1, 0.15) is 37.2 Å². The molecule has 8 nitrogen and oxygen atoms in total. The summed E-state index contributed by atoms with van der Waals surface area (Å²) in [6, 6.07) is 17.6. The molecule has 3 aromatic rings. The molecule has 0 radical (unpaired) electrons. The van der Waals surface area contributed by atoms with Crippen LogP contribution in [0, 0.1) is 12.8 Å². The highest BCUT2D eigenvalue weighted by atomic mass is 16.5. The Morgan fingerprint density at radius 3 is 2.47 bits per heavy atom. The Kier molecular flexibility index (Phi) is 5.34. The van der Waals surface area contributed by atoms with Gasteiger partial charge in [0.15, 0.2) is 0 Å². The zero-order valence-electron chi connectivity index (χ0n) is 18.2. The van der Waals surface area contributed by atoms with Crippen molar-refractivity contribution in [2.24, 2.45) is 5.92 Å². The summed E-state index contributed by atoms with van der Waals surface area (Å²) in [5.74, 6) is 3.54. The fourth-order valence-electron chi connectivity index (χ4n) is 3.98. The summed E-state index contributed by atoms with van der Waals surface area (Å²) in [6.45, 7) is 4.50. The molecule has 2 N–H and O–H groups in total. The van der Waals surface area contributed by atoms with Gasteiger partial charge in [0.2, 0.25) is 11.9 Å². The van der Waals surface area contributed by atoms with E-state index >= 15 is 0 Å². The molecule has 1 saturated carbocycles. The van der Waals surface area contributed by atoms with Gasteiger partial charge in [0.25, 0.3) is 0 Å². The number of nitrogens with one attached hydrogen (secondary N) is 2. The van der Waals surface area contributed by atoms with Crippen molar-refractivity contribution in [2.45, 2.75) is 38.8 Å². The normalized spacial score (nSPS) is 18.9. The lowest BCUT2D eigenvalue weighted by Gasteiger charge is -2.22. The first-order valence-electron chi connectivity index (χ1n) is 11.0. The molecule has 0 spiro atoms. The van der Waals surface area contributed by atoms with Crippen molar-refractivity contribution in [2.75, 3.05) is 16.8 Å². The number of carbonyl (C=O) groups excluding carboxylic acids is 1. The fourth-order valence-corrected chi connectivity index (χ4v) is 3.98. The smallest absolute Gasteiger partial charge is 0.324 e. The van der Waals surface area contributed by atoms with Gasteiger partial charge in [-0.05, 0) is 62.4 Å². The first-order valence-corrected chi connectivity index (χ1v) is 11.0. The van der Waals surface area contributed by atoms with Crippen molar-refractivity contribution >= 4 is 17.9 Å². The predicted octanol–water partition coefficient (Wildman–Crippen LogP) is 4.45. The number of urea groups is 1. The molecule has 0 bridgehead atoms. The maximum absolute atomic E-state index is 12.4. The summed E-state index contributed by atoms with van der Waals surface area (Å²) in [6.07, 6.45) is 2.29. The second-order valence-corrected chi connectivity index (χ2v) is 8.32. The van der Waals surface area contributed by atoms with Crippen LogP contribution in [0.2, 0.25) is 0 Å². The van der Waals surface area contributed by atoms with E-state index in [-0.39, 0.29) is 18.1 Å². The number of para-hydroxylation sites is 1. The van der Waals surface area contributed by atoms with E-state index in [1.807, 2.05) is 68.4 Å². The number of benzene rings is 2. The van der Waals surface area contributed by atoms with Gasteiger partial charge in [-0.3, -0.25) is 4.90 Å². The molecular weight excluding hydrogens is 404 g/mol. The second-order valence-electron chi connectivity index (χ2n) is 8.32. The van der Waals surface area contributed by atoms with E-state index < -0.39 is 0 Å². The average molecular weight is 431 g/mol. The monoisotopic (exact) mass is 430 g/mol. The standard InChI is InChI=1S/C24H26N6O2/c1-15(17-10-12-20(13-11-17)32-19-6-4-3-5-7-19)26-22-27-16(2)28-23(29-22)30-21(18-8-9-18)14-25-24(30)31/h3-7,10-13,15,18,21H,8-9,14H2,1-2H3,(H,25,31)(H,26,27,28,29)/t15-,21+/m0/s1. The molecule has 2 aliphatic rings. The van der Waals surface area contributed by atoms with E-state index in [4.69, 9.17) is 4.74 Å². The summed E-state index contributed by atoms with van der Waals surface area (Å²) >= 11 is 0. The minimum absolute atomic E-state index is 0.0398. The third kappa shape index (κ3) is 4.34. The number of aromatic nitrogens is 3. The number of hydrogen-bond acceptors (Lipinski definition) is 6. The summed E-state index contributed by atoms with van der Waals surface area (Å²) in [7, 11) is 0. The van der Waals surface area contributed by atoms with Crippen LogP contribution in [0.15, 0.2) is 54.6 Å². The van der Waals surface area contributed by atoms with Crippen molar-refractivity contribution in [1.29, 1.82) is 0 Å². The Labute approximate surface area is 187 Å². The van der Waals surface area contributed by atoms with Gasteiger partial charge >= 0.3 is 6.03 Å². The van der Waals surface area contributed by atoms with Crippen molar-refractivity contribution in [3.8, 4) is 11.5 Å². The Bertz CT molecular complexity index is 1100. The second kappa shape index (κ2) is 8.45. The molecule has 2 fully saturated rings. The molecule has 1 aliphatic heterocycles. The first-order chi connectivity index (χ1) is 15.6. The van der Waals surface area contributed by atoms with Crippen LogP contribution in [0.4, 0.5) is 16.7 Å². The van der Waals surface area contributed by atoms with E-state index in [1.165, 1.54) is 0 Å². The van der Waals surface area contributed by atoms with E-state index in [0.717, 1.165) is 29.9 Å². The zero-order chi connectivity index (χ0) is 22.1. The van der Waals surface area contributed by atoms with E-state index in [2.05, 4.69) is 25.6 Å². The van der Waals surface area contributed by atoms with Gasteiger partial charge in [-0.25, -0.2) is 4.79 Å². The van der Waals surface area contributed by atoms with Gasteiger partial charge in [-0.1, -0.05) is 30.3 Å². The van der Waals surface area contributed by atoms with E-state index in [9.17, 15) is 4.79 Å². The lowest BCUT2D eigenvalue weighted by molar-refractivity contribution is 0.251. The molecule has 1 aromatic heterocycles. The average Bonchev–Trinajstić information content (AvgIpc) is 3.56. The quantitative estimate of drug-likeness (QED) is 0.575. The van der Waals surface area contributed by atoms with Crippen molar-refractivity contribution in [3.63, 3.8) is 0 Å². The minimum atomic E-state index is -0.138. The molecule has 2 aromatic carbocycles. The summed E-state index contributed by atoms with van der Waals surface area (Å²) < 4.78 is 5.87. The lowest BCUT2D eigenvalue weighted by atomic mass is 10.1. The maximum atomic E-state index is 12.4. The topological polar surface area (TPSA) is 92.3 Å². The summed E-state index contributed by atoms with van der Waals surface area (Å²) in [5.41, 5.74) is 1.07. The number of anilines is 2. The predicted molar refractivity (Wildman–Crippen MR) is 122 cm³/mol. The molecule has 1 saturated heterocycles. The molecule has 164 valence electrons. The molecule has 8 heteroatoms. The van der Waals surface area contributed by atoms with E-state index in [1.54, 1.807) is 4.90 Å². The van der Waals surface area contributed by atoms with Gasteiger partial charge in [0.05, 0.1) is 12.1 Å². The third-order valence-corrected chi connectivity index (χ3v) is 5.83. The Hall–Kier alpha value is -3.68. The van der Waals surface area contributed by atoms with Crippen LogP contribution < -0.4 is 20.3 Å². The summed E-state index contributed by atoms with van der Waals surface area (Å²) in [5, 5.41) is 6.27. The highest BCUT2D eigenvalue weighted by molar-refractivity contribution is 5.93. The van der Waals surface area contributed by atoms with Gasteiger partial charge in [0.1, 0.15) is 17.3 Å².